The van der Waals surface area contributed by atoms with Crippen molar-refractivity contribution in [3.05, 3.63) is 121 Å². The summed E-state index contributed by atoms with van der Waals surface area (Å²) in [7, 11) is 0. The molecular formula is C32H20N2O. The lowest BCUT2D eigenvalue weighted by Gasteiger charge is -2.13. The molecule has 0 unspecified atom stereocenters. The smallest absolute Gasteiger partial charge is 0.135 e. The van der Waals surface area contributed by atoms with Crippen molar-refractivity contribution in [2.45, 2.75) is 0 Å². The molecule has 0 aliphatic rings. The fourth-order valence-corrected chi connectivity index (χ4v) is 4.80. The van der Waals surface area contributed by atoms with Gasteiger partial charge in [-0.25, -0.2) is 9.97 Å². The molecule has 35 heavy (non-hydrogen) atoms. The van der Waals surface area contributed by atoms with Gasteiger partial charge < -0.3 is 4.42 Å². The highest BCUT2D eigenvalue weighted by molar-refractivity contribution is 6.07. The molecule has 0 aliphatic carbocycles. The first-order chi connectivity index (χ1) is 17.3. The first-order valence-corrected chi connectivity index (χ1v) is 11.7. The van der Waals surface area contributed by atoms with E-state index in [2.05, 4.69) is 54.6 Å². The number of benzene rings is 5. The van der Waals surface area contributed by atoms with E-state index in [1.807, 2.05) is 66.7 Å². The molecule has 0 aliphatic heterocycles. The molecule has 0 fully saturated rings. The van der Waals surface area contributed by atoms with E-state index in [1.54, 1.807) is 0 Å². The van der Waals surface area contributed by atoms with Crippen molar-refractivity contribution in [2.24, 2.45) is 0 Å². The van der Waals surface area contributed by atoms with Crippen LogP contribution in [0.4, 0.5) is 0 Å². The van der Waals surface area contributed by atoms with Gasteiger partial charge in [-0.2, -0.15) is 0 Å². The first-order valence-electron chi connectivity index (χ1n) is 11.7. The molecule has 0 amide bonds. The van der Waals surface area contributed by atoms with E-state index in [-0.39, 0.29) is 0 Å². The summed E-state index contributed by atoms with van der Waals surface area (Å²) < 4.78 is 6.04. The summed E-state index contributed by atoms with van der Waals surface area (Å²) in [4.78, 5) is 10.4. The van der Waals surface area contributed by atoms with Crippen LogP contribution in [0.1, 0.15) is 0 Å². The van der Waals surface area contributed by atoms with Crippen LogP contribution < -0.4 is 0 Å². The van der Waals surface area contributed by atoms with E-state index in [9.17, 15) is 0 Å². The third-order valence-corrected chi connectivity index (χ3v) is 6.48. The number of furan rings is 1. The lowest BCUT2D eigenvalue weighted by Crippen LogP contribution is -1.97. The van der Waals surface area contributed by atoms with Crippen LogP contribution in [0.25, 0.3) is 66.6 Å². The van der Waals surface area contributed by atoms with Crippen molar-refractivity contribution in [3.8, 4) is 33.6 Å². The molecule has 7 rings (SSSR count). The number of aromatic nitrogens is 2. The fraction of sp³-hybridized carbons (Fsp3) is 0. The monoisotopic (exact) mass is 448 g/mol. The zero-order valence-electron chi connectivity index (χ0n) is 18.8. The van der Waals surface area contributed by atoms with Crippen LogP contribution in [-0.4, -0.2) is 9.97 Å². The van der Waals surface area contributed by atoms with Gasteiger partial charge in [0.25, 0.3) is 0 Å². The quantitative estimate of drug-likeness (QED) is 0.272. The molecule has 0 spiro atoms. The van der Waals surface area contributed by atoms with Crippen molar-refractivity contribution < 1.29 is 4.42 Å². The SMILES string of the molecule is c1ccc(-c2nc3cccc(-c4ccc5oc6ccccc6c5c4)c3nc2-c2ccccc2)cc1. The van der Waals surface area contributed by atoms with Crippen molar-refractivity contribution in [1.29, 1.82) is 0 Å². The largest absolute Gasteiger partial charge is 0.456 e. The van der Waals surface area contributed by atoms with E-state index in [0.717, 1.165) is 66.6 Å². The van der Waals surface area contributed by atoms with E-state index >= 15 is 0 Å². The molecule has 164 valence electrons. The highest BCUT2D eigenvalue weighted by Crippen LogP contribution is 2.37. The lowest BCUT2D eigenvalue weighted by molar-refractivity contribution is 0.669. The van der Waals surface area contributed by atoms with Crippen molar-refractivity contribution in [2.75, 3.05) is 0 Å². The van der Waals surface area contributed by atoms with E-state index in [0.29, 0.717) is 0 Å². The number of para-hydroxylation sites is 2. The van der Waals surface area contributed by atoms with Crippen LogP contribution in [-0.2, 0) is 0 Å². The van der Waals surface area contributed by atoms with Crippen molar-refractivity contribution in [3.63, 3.8) is 0 Å². The summed E-state index contributed by atoms with van der Waals surface area (Å²) >= 11 is 0. The van der Waals surface area contributed by atoms with Gasteiger partial charge in [0.15, 0.2) is 0 Å². The summed E-state index contributed by atoms with van der Waals surface area (Å²) in [6.45, 7) is 0. The lowest BCUT2D eigenvalue weighted by atomic mass is 9.99. The highest BCUT2D eigenvalue weighted by Gasteiger charge is 2.16. The van der Waals surface area contributed by atoms with E-state index in [4.69, 9.17) is 14.4 Å². The molecule has 0 bridgehead atoms. The second-order valence-electron chi connectivity index (χ2n) is 8.64. The number of rotatable bonds is 3. The minimum atomic E-state index is 0.873. The molecule has 7 aromatic rings. The third kappa shape index (κ3) is 3.29. The maximum atomic E-state index is 6.04. The average molecular weight is 449 g/mol. The van der Waals surface area contributed by atoms with E-state index in [1.165, 1.54) is 0 Å². The minimum absolute atomic E-state index is 0.873. The number of fused-ring (bicyclic) bond motifs is 4. The molecule has 0 atom stereocenters. The molecule has 0 saturated heterocycles. The Morgan fingerprint density at radius 2 is 1.11 bits per heavy atom. The summed E-state index contributed by atoms with van der Waals surface area (Å²) in [5.74, 6) is 0. The second kappa shape index (κ2) is 7.93. The molecule has 2 aromatic heterocycles. The Labute approximate surface area is 202 Å². The molecule has 3 nitrogen and oxygen atoms in total. The van der Waals surface area contributed by atoms with Gasteiger partial charge in [0.1, 0.15) is 11.2 Å². The summed E-state index contributed by atoms with van der Waals surface area (Å²) in [5, 5.41) is 2.22. The number of nitrogens with zero attached hydrogens (tertiary/aromatic N) is 2. The first kappa shape index (κ1) is 19.7. The normalized spacial score (nSPS) is 11.4. The zero-order chi connectivity index (χ0) is 23.2. The number of hydrogen-bond donors (Lipinski definition) is 0. The molecule has 0 N–H and O–H groups in total. The Morgan fingerprint density at radius 1 is 0.457 bits per heavy atom. The standard InChI is InChI=1S/C32H20N2O/c1-3-10-21(11-4-1)30-31(22-12-5-2-6-13-22)34-32-24(15-9-16-27(32)33-30)23-18-19-29-26(20-23)25-14-7-8-17-28(25)35-29/h1-20H. The predicted octanol–water partition coefficient (Wildman–Crippen LogP) is 8.53. The molecule has 3 heteroatoms. The van der Waals surface area contributed by atoms with Gasteiger partial charge in [-0.15, -0.1) is 0 Å². The molecule has 2 heterocycles. The van der Waals surface area contributed by atoms with Gasteiger partial charge in [-0.1, -0.05) is 97.1 Å². The molecular weight excluding hydrogens is 428 g/mol. The Kier molecular flexibility index (Phi) is 4.46. The second-order valence-corrected chi connectivity index (χ2v) is 8.64. The summed E-state index contributed by atoms with van der Waals surface area (Å²) in [6.07, 6.45) is 0. The Bertz CT molecular complexity index is 1840. The van der Waals surface area contributed by atoms with Crippen LogP contribution in [0, 0.1) is 0 Å². The van der Waals surface area contributed by atoms with Crippen LogP contribution >= 0.6 is 0 Å². The maximum absolute atomic E-state index is 6.04. The third-order valence-electron chi connectivity index (χ3n) is 6.48. The van der Waals surface area contributed by atoms with Gasteiger partial charge >= 0.3 is 0 Å². The number of hydrogen-bond acceptors (Lipinski definition) is 3. The molecule has 0 saturated carbocycles. The van der Waals surface area contributed by atoms with Gasteiger partial charge in [-0.05, 0) is 29.8 Å². The van der Waals surface area contributed by atoms with Crippen molar-refractivity contribution >= 4 is 33.0 Å². The van der Waals surface area contributed by atoms with Crippen LogP contribution in [0.2, 0.25) is 0 Å². The maximum Gasteiger partial charge on any atom is 0.135 e. The summed E-state index contributed by atoms with van der Waals surface area (Å²) in [5.41, 5.74) is 9.56. The Hall–Kier alpha value is -4.76. The van der Waals surface area contributed by atoms with Gasteiger partial charge in [-0.3, -0.25) is 0 Å². The zero-order valence-corrected chi connectivity index (χ0v) is 18.8. The Morgan fingerprint density at radius 3 is 1.89 bits per heavy atom. The fourth-order valence-electron chi connectivity index (χ4n) is 4.80. The molecule has 0 radical (unpaired) electrons. The van der Waals surface area contributed by atoms with Crippen molar-refractivity contribution in [1.82, 2.24) is 9.97 Å². The Balaban J connectivity index is 1.50. The van der Waals surface area contributed by atoms with Gasteiger partial charge in [0, 0.05) is 27.5 Å². The van der Waals surface area contributed by atoms with Crippen LogP contribution in [0.3, 0.4) is 0 Å². The highest BCUT2D eigenvalue weighted by atomic mass is 16.3. The van der Waals surface area contributed by atoms with Gasteiger partial charge in [0.2, 0.25) is 0 Å². The predicted molar refractivity (Wildman–Crippen MR) is 143 cm³/mol. The summed E-state index contributed by atoms with van der Waals surface area (Å²) in [6, 6.07) is 41.3. The van der Waals surface area contributed by atoms with Crippen LogP contribution in [0.5, 0.6) is 0 Å². The minimum Gasteiger partial charge on any atom is -0.456 e. The average Bonchev–Trinajstić information content (AvgIpc) is 3.31. The topological polar surface area (TPSA) is 38.9 Å². The van der Waals surface area contributed by atoms with Gasteiger partial charge in [0.05, 0.1) is 22.4 Å². The van der Waals surface area contributed by atoms with E-state index < -0.39 is 0 Å². The molecule has 5 aromatic carbocycles. The van der Waals surface area contributed by atoms with Crippen LogP contribution in [0.15, 0.2) is 126 Å².